The molecule has 7 rings (SSSR count). The fourth-order valence-electron chi connectivity index (χ4n) is 9.53. The van der Waals surface area contributed by atoms with Crippen LogP contribution in [0.25, 0.3) is 11.1 Å². The zero-order valence-corrected chi connectivity index (χ0v) is 35.0. The summed E-state index contributed by atoms with van der Waals surface area (Å²) >= 11 is 0. The maximum absolute atomic E-state index is 14.3. The van der Waals surface area contributed by atoms with E-state index in [9.17, 15) is 24.6 Å². The zero-order chi connectivity index (χ0) is 41.5. The van der Waals surface area contributed by atoms with Gasteiger partial charge in [0.25, 0.3) is 5.91 Å². The van der Waals surface area contributed by atoms with Crippen LogP contribution >= 0.6 is 0 Å². The molecule has 2 bridgehead atoms. The van der Waals surface area contributed by atoms with Crippen LogP contribution in [0.5, 0.6) is 5.75 Å². The fourth-order valence-corrected chi connectivity index (χ4v) is 9.53. The molecule has 3 aliphatic carbocycles. The highest BCUT2D eigenvalue weighted by Crippen LogP contribution is 2.61. The third-order valence-electron chi connectivity index (χ3n) is 13.1. The van der Waals surface area contributed by atoms with Gasteiger partial charge >= 0.3 is 0 Å². The number of hydrogen-bond acceptors (Lipinski definition) is 10. The van der Waals surface area contributed by atoms with E-state index < -0.39 is 36.1 Å². The van der Waals surface area contributed by atoms with Crippen LogP contribution in [0.1, 0.15) is 62.2 Å². The predicted octanol–water partition coefficient (Wildman–Crippen LogP) is 3.25. The van der Waals surface area contributed by atoms with Gasteiger partial charge in [0.15, 0.2) is 0 Å². The van der Waals surface area contributed by atoms with Crippen LogP contribution in [0, 0.1) is 29.1 Å². The Morgan fingerprint density at radius 1 is 1.12 bits per heavy atom. The number of benzene rings is 2. The van der Waals surface area contributed by atoms with E-state index in [-0.39, 0.29) is 42.8 Å². The Hall–Kier alpha value is -4.50. The second-order valence-electron chi connectivity index (χ2n) is 17.4. The minimum Gasteiger partial charge on any atom is -0.496 e. The van der Waals surface area contributed by atoms with Crippen LogP contribution < -0.4 is 20.3 Å². The summed E-state index contributed by atoms with van der Waals surface area (Å²) in [7, 11) is 10.5. The first kappa shape index (κ1) is 42.1. The van der Waals surface area contributed by atoms with Crippen molar-refractivity contribution < 1.29 is 34.2 Å². The minimum absolute atomic E-state index is 0.0126. The SMILES string of the molecule is COc1c(CN2O[C@@H](CO)[C@H]([C@H](C)O)[C@H]2C(=O)N[C@H]2C[C@H]3C[C@H]([C@@H]2C)C3(C)C)cccc1-c1cc(C(=O)N[C@@H](Cc2cncn2C)C(=O)N(C)C)cc(N(C)C)c1. The fraction of sp³-hybridized carbons (Fsp3) is 0.581. The molecule has 4 aliphatic rings. The number of hydroxylamine groups is 2. The Morgan fingerprint density at radius 2 is 1.86 bits per heavy atom. The summed E-state index contributed by atoms with van der Waals surface area (Å²) in [4.78, 5) is 55.4. The van der Waals surface area contributed by atoms with Gasteiger partial charge in [0, 0.05) is 87.9 Å². The summed E-state index contributed by atoms with van der Waals surface area (Å²) in [5.41, 5.74) is 4.29. The van der Waals surface area contributed by atoms with E-state index in [1.807, 2.05) is 54.9 Å². The molecule has 0 unspecified atom stereocenters. The van der Waals surface area contributed by atoms with Crippen molar-refractivity contribution in [2.45, 2.75) is 83.8 Å². The normalized spacial score (nSPS) is 26.2. The van der Waals surface area contributed by atoms with Crippen LogP contribution in [0.2, 0.25) is 0 Å². The number of amides is 3. The second-order valence-corrected chi connectivity index (χ2v) is 17.4. The highest BCUT2D eigenvalue weighted by atomic mass is 16.7. The van der Waals surface area contributed by atoms with Crippen LogP contribution in [0.15, 0.2) is 48.9 Å². The average Bonchev–Trinajstić information content (AvgIpc) is 3.76. The van der Waals surface area contributed by atoms with Gasteiger partial charge in [0.1, 0.15) is 23.9 Å². The van der Waals surface area contributed by atoms with Gasteiger partial charge < -0.3 is 40.0 Å². The Kier molecular flexibility index (Phi) is 12.4. The number of anilines is 1. The number of ether oxygens (including phenoxy) is 1. The minimum atomic E-state index is -0.928. The first-order valence-corrected chi connectivity index (χ1v) is 19.9. The smallest absolute Gasteiger partial charge is 0.252 e. The molecule has 1 aliphatic heterocycles. The lowest BCUT2D eigenvalue weighted by molar-refractivity contribution is -0.183. The Labute approximate surface area is 336 Å². The van der Waals surface area contributed by atoms with Gasteiger partial charge in [-0.25, -0.2) is 4.98 Å². The molecule has 1 aromatic heterocycles. The number of likely N-dealkylation sites (N-methyl/N-ethyl adjacent to an activating group) is 1. The molecule has 3 amide bonds. The number of nitrogens with one attached hydrogen (secondary N) is 2. The number of imidazole rings is 1. The number of aliphatic hydroxyl groups excluding tert-OH is 2. The lowest BCUT2D eigenvalue weighted by atomic mass is 9.45. The molecule has 310 valence electrons. The number of aliphatic hydroxyl groups is 2. The van der Waals surface area contributed by atoms with Crippen molar-refractivity contribution in [2.75, 3.05) is 46.8 Å². The zero-order valence-electron chi connectivity index (χ0n) is 35.0. The van der Waals surface area contributed by atoms with Gasteiger partial charge in [-0.15, -0.1) is 0 Å². The third-order valence-corrected chi connectivity index (χ3v) is 13.1. The van der Waals surface area contributed by atoms with E-state index >= 15 is 0 Å². The van der Waals surface area contributed by atoms with Crippen molar-refractivity contribution in [1.29, 1.82) is 0 Å². The molecular weight excluding hydrogens is 727 g/mol. The molecule has 2 heterocycles. The summed E-state index contributed by atoms with van der Waals surface area (Å²) in [6, 6.07) is 9.50. The number of nitrogens with zero attached hydrogens (tertiary/aromatic N) is 5. The Balaban J connectivity index is 1.30. The number of methoxy groups -OCH3 is 1. The van der Waals surface area contributed by atoms with E-state index in [1.165, 1.54) is 11.3 Å². The van der Waals surface area contributed by atoms with Crippen molar-refractivity contribution in [3.63, 3.8) is 0 Å². The molecule has 4 fully saturated rings. The summed E-state index contributed by atoms with van der Waals surface area (Å²) in [6.45, 7) is 8.26. The largest absolute Gasteiger partial charge is 0.496 e. The molecule has 1 saturated heterocycles. The molecule has 14 heteroatoms. The van der Waals surface area contributed by atoms with Crippen molar-refractivity contribution in [1.82, 2.24) is 30.1 Å². The molecule has 2 aromatic carbocycles. The van der Waals surface area contributed by atoms with E-state index in [4.69, 9.17) is 9.57 Å². The number of para-hydroxylation sites is 1. The van der Waals surface area contributed by atoms with Crippen molar-refractivity contribution >= 4 is 23.4 Å². The van der Waals surface area contributed by atoms with Crippen molar-refractivity contribution in [2.24, 2.45) is 36.1 Å². The molecule has 3 saturated carbocycles. The topological polar surface area (TPSA) is 162 Å². The van der Waals surface area contributed by atoms with Crippen molar-refractivity contribution in [3.05, 3.63) is 65.7 Å². The monoisotopic (exact) mass is 787 g/mol. The molecule has 14 nitrogen and oxygen atoms in total. The highest BCUT2D eigenvalue weighted by Gasteiger charge is 2.57. The molecule has 0 spiro atoms. The van der Waals surface area contributed by atoms with Crippen LogP contribution in [0.4, 0.5) is 5.69 Å². The number of carbonyl (C=O) groups excluding carboxylic acids is 3. The van der Waals surface area contributed by atoms with Gasteiger partial charge in [0.2, 0.25) is 11.8 Å². The lowest BCUT2D eigenvalue weighted by Crippen LogP contribution is -2.62. The summed E-state index contributed by atoms with van der Waals surface area (Å²) < 4.78 is 7.90. The predicted molar refractivity (Wildman–Crippen MR) is 217 cm³/mol. The van der Waals surface area contributed by atoms with E-state index in [0.29, 0.717) is 45.8 Å². The molecule has 3 aromatic rings. The first-order valence-electron chi connectivity index (χ1n) is 19.9. The number of hydrogen-bond donors (Lipinski definition) is 4. The highest BCUT2D eigenvalue weighted by molar-refractivity contribution is 5.99. The number of carbonyl (C=O) groups is 3. The van der Waals surface area contributed by atoms with Gasteiger partial charge in [-0.2, -0.15) is 5.06 Å². The van der Waals surface area contributed by atoms with Gasteiger partial charge in [0.05, 0.1) is 32.7 Å². The maximum atomic E-state index is 14.3. The van der Waals surface area contributed by atoms with E-state index in [2.05, 4.69) is 36.4 Å². The average molecular weight is 788 g/mol. The van der Waals surface area contributed by atoms with E-state index in [0.717, 1.165) is 17.8 Å². The second kappa shape index (κ2) is 16.8. The van der Waals surface area contributed by atoms with Crippen LogP contribution in [-0.4, -0.2) is 120 Å². The standard InChI is InChI=1S/C43H61N7O7/c1-24-33-17-29(43(33,3)4)18-34(24)45-41(54)38-37(25(2)52)36(22-51)57-50(38)21-26-12-11-13-32(39(26)56-10)27-14-28(16-30(15-27)47(5)6)40(53)46-35(42(55)48(7)8)19-31-20-44-23-49(31)9/h11-16,20,23-25,29,33-38,51-52H,17-19,21-22H2,1-10H3,(H,45,54)(H,46,53)/t24-,25-,29+,33+,34-,35-,36-,37-,38-/m0/s1. The van der Waals surface area contributed by atoms with Gasteiger partial charge in [-0.05, 0) is 66.7 Å². The quantitative estimate of drug-likeness (QED) is 0.191. The molecular formula is C43H61N7O7. The molecule has 4 N–H and O–H groups in total. The maximum Gasteiger partial charge on any atom is 0.252 e. The first-order chi connectivity index (χ1) is 27.0. The number of rotatable bonds is 14. The number of aromatic nitrogens is 2. The molecule has 9 atom stereocenters. The van der Waals surface area contributed by atoms with Crippen molar-refractivity contribution in [3.8, 4) is 16.9 Å². The third kappa shape index (κ3) is 8.27. The summed E-state index contributed by atoms with van der Waals surface area (Å²) in [5, 5.41) is 29.2. The summed E-state index contributed by atoms with van der Waals surface area (Å²) in [5.74, 6) is 0.358. The Bertz CT molecular complexity index is 1940. The van der Waals surface area contributed by atoms with E-state index in [1.54, 1.807) is 57.8 Å². The summed E-state index contributed by atoms with van der Waals surface area (Å²) in [6.07, 6.45) is 3.98. The van der Waals surface area contributed by atoms with Gasteiger partial charge in [-0.3, -0.25) is 19.2 Å². The lowest BCUT2D eigenvalue weighted by Gasteiger charge is -2.62. The number of fused-ring (bicyclic) bond motifs is 2. The Morgan fingerprint density at radius 3 is 2.44 bits per heavy atom. The van der Waals surface area contributed by atoms with Crippen LogP contribution in [0.3, 0.4) is 0 Å². The molecule has 57 heavy (non-hydrogen) atoms. The molecule has 0 radical (unpaired) electrons. The number of aryl methyl sites for hydroxylation is 1. The van der Waals surface area contributed by atoms with Crippen LogP contribution in [-0.2, 0) is 34.4 Å². The van der Waals surface area contributed by atoms with Gasteiger partial charge in [-0.1, -0.05) is 39.0 Å².